The molecule has 1 aromatic rings. The summed E-state index contributed by atoms with van der Waals surface area (Å²) in [6.07, 6.45) is 1.12. The van der Waals surface area contributed by atoms with Crippen molar-refractivity contribution in [1.82, 2.24) is 4.90 Å². The van der Waals surface area contributed by atoms with Crippen LogP contribution >= 0.6 is 0 Å². The number of nitrogens with zero attached hydrogens (tertiary/aromatic N) is 1. The Morgan fingerprint density at radius 1 is 1.22 bits per heavy atom. The van der Waals surface area contributed by atoms with E-state index in [0.29, 0.717) is 6.42 Å². The van der Waals surface area contributed by atoms with Crippen LogP contribution in [0.4, 0.5) is 0 Å². The zero-order valence-corrected chi connectivity index (χ0v) is 11.1. The molecule has 0 aliphatic carbocycles. The van der Waals surface area contributed by atoms with Gasteiger partial charge in [-0.1, -0.05) is 30.3 Å². The molecule has 1 aromatic carbocycles. The van der Waals surface area contributed by atoms with E-state index in [9.17, 15) is 4.79 Å². The highest BCUT2D eigenvalue weighted by molar-refractivity contribution is 5.96. The summed E-state index contributed by atoms with van der Waals surface area (Å²) in [5.41, 5.74) is 0.812. The molecular weight excluding hydrogens is 226 g/mol. The fourth-order valence-electron chi connectivity index (χ4n) is 2.50. The van der Waals surface area contributed by atoms with Crippen LogP contribution < -0.4 is 0 Å². The van der Waals surface area contributed by atoms with E-state index in [1.165, 1.54) is 0 Å². The monoisotopic (exact) mass is 247 g/mol. The van der Waals surface area contributed by atoms with Gasteiger partial charge >= 0.3 is 0 Å². The Bertz CT molecular complexity index is 381. The summed E-state index contributed by atoms with van der Waals surface area (Å²) in [5, 5.41) is 0. The largest absolute Gasteiger partial charge is 0.373 e. The van der Waals surface area contributed by atoms with Crippen LogP contribution in [0, 0.1) is 0 Å². The molecular formula is C15H21NO2. The molecule has 0 saturated carbocycles. The van der Waals surface area contributed by atoms with E-state index < -0.39 is 0 Å². The summed E-state index contributed by atoms with van der Waals surface area (Å²) in [5.74, 6) is 0.224. The van der Waals surface area contributed by atoms with Gasteiger partial charge in [-0.3, -0.25) is 9.69 Å². The molecule has 1 aliphatic heterocycles. The van der Waals surface area contributed by atoms with Gasteiger partial charge in [-0.2, -0.15) is 0 Å². The number of hydrogen-bond donors (Lipinski definition) is 0. The van der Waals surface area contributed by atoms with Crippen molar-refractivity contribution in [2.24, 2.45) is 0 Å². The molecule has 0 radical (unpaired) electrons. The van der Waals surface area contributed by atoms with Crippen LogP contribution in [-0.4, -0.2) is 42.5 Å². The molecule has 3 nitrogen and oxygen atoms in total. The molecule has 2 atom stereocenters. The molecule has 1 fully saturated rings. The molecule has 98 valence electrons. The zero-order valence-electron chi connectivity index (χ0n) is 11.1. The SMILES string of the molecule is CC1CN(CCC(=O)c2ccccc2)CC(C)O1. The first kappa shape index (κ1) is 13.2. The number of hydrogen-bond acceptors (Lipinski definition) is 3. The van der Waals surface area contributed by atoms with Crippen LogP contribution in [0.1, 0.15) is 30.6 Å². The molecule has 1 saturated heterocycles. The van der Waals surface area contributed by atoms with Gasteiger partial charge in [-0.05, 0) is 13.8 Å². The highest BCUT2D eigenvalue weighted by atomic mass is 16.5. The predicted molar refractivity (Wildman–Crippen MR) is 71.8 cm³/mol. The van der Waals surface area contributed by atoms with Crippen molar-refractivity contribution in [3.63, 3.8) is 0 Å². The van der Waals surface area contributed by atoms with Crippen LogP contribution in [0.25, 0.3) is 0 Å². The highest BCUT2D eigenvalue weighted by Gasteiger charge is 2.22. The van der Waals surface area contributed by atoms with Crippen molar-refractivity contribution in [2.75, 3.05) is 19.6 Å². The fourth-order valence-corrected chi connectivity index (χ4v) is 2.50. The molecule has 0 spiro atoms. The van der Waals surface area contributed by atoms with E-state index in [2.05, 4.69) is 18.7 Å². The summed E-state index contributed by atoms with van der Waals surface area (Å²) < 4.78 is 5.68. The smallest absolute Gasteiger partial charge is 0.164 e. The predicted octanol–water partition coefficient (Wildman–Crippen LogP) is 2.37. The van der Waals surface area contributed by atoms with Gasteiger partial charge in [0.2, 0.25) is 0 Å². The van der Waals surface area contributed by atoms with E-state index >= 15 is 0 Å². The molecule has 1 heterocycles. The van der Waals surface area contributed by atoms with Crippen molar-refractivity contribution in [3.8, 4) is 0 Å². The summed E-state index contributed by atoms with van der Waals surface area (Å²) in [6, 6.07) is 9.51. The van der Waals surface area contributed by atoms with Gasteiger partial charge in [0, 0.05) is 31.6 Å². The van der Waals surface area contributed by atoms with Crippen LogP contribution in [0.2, 0.25) is 0 Å². The first-order valence-electron chi connectivity index (χ1n) is 6.61. The normalized spacial score (nSPS) is 25.0. The van der Waals surface area contributed by atoms with Gasteiger partial charge in [0.05, 0.1) is 12.2 Å². The van der Waals surface area contributed by atoms with Gasteiger partial charge < -0.3 is 4.74 Å². The van der Waals surface area contributed by atoms with Crippen molar-refractivity contribution >= 4 is 5.78 Å². The molecule has 0 bridgehead atoms. The number of benzene rings is 1. The Hall–Kier alpha value is -1.19. The van der Waals surface area contributed by atoms with E-state index in [0.717, 1.165) is 25.2 Å². The third-order valence-corrected chi connectivity index (χ3v) is 3.25. The van der Waals surface area contributed by atoms with Crippen molar-refractivity contribution < 1.29 is 9.53 Å². The first-order valence-corrected chi connectivity index (χ1v) is 6.61. The third-order valence-electron chi connectivity index (χ3n) is 3.25. The summed E-state index contributed by atoms with van der Waals surface area (Å²) in [7, 11) is 0. The van der Waals surface area contributed by atoms with Gasteiger partial charge in [0.25, 0.3) is 0 Å². The molecule has 1 aliphatic rings. The van der Waals surface area contributed by atoms with E-state index in [1.54, 1.807) is 0 Å². The Labute approximate surface area is 109 Å². The zero-order chi connectivity index (χ0) is 13.0. The number of Topliss-reactive ketones (excluding diaryl/α,β-unsaturated/α-hetero) is 1. The van der Waals surface area contributed by atoms with Gasteiger partial charge in [0.1, 0.15) is 0 Å². The summed E-state index contributed by atoms with van der Waals surface area (Å²) in [4.78, 5) is 14.3. The van der Waals surface area contributed by atoms with Crippen LogP contribution in [0.3, 0.4) is 0 Å². The topological polar surface area (TPSA) is 29.5 Å². The number of ether oxygens (including phenoxy) is 1. The summed E-state index contributed by atoms with van der Waals surface area (Å²) in [6.45, 7) is 6.84. The Morgan fingerprint density at radius 3 is 2.44 bits per heavy atom. The van der Waals surface area contributed by atoms with Crippen LogP contribution in [0.5, 0.6) is 0 Å². The van der Waals surface area contributed by atoms with Gasteiger partial charge in [-0.25, -0.2) is 0 Å². The number of carbonyl (C=O) groups excluding carboxylic acids is 1. The lowest BCUT2D eigenvalue weighted by Gasteiger charge is -2.35. The maximum atomic E-state index is 12.0. The minimum Gasteiger partial charge on any atom is -0.373 e. The average Bonchev–Trinajstić information content (AvgIpc) is 2.36. The highest BCUT2D eigenvalue weighted by Crippen LogP contribution is 2.12. The molecule has 0 N–H and O–H groups in total. The van der Waals surface area contributed by atoms with Crippen LogP contribution in [0.15, 0.2) is 30.3 Å². The summed E-state index contributed by atoms with van der Waals surface area (Å²) >= 11 is 0. The minimum absolute atomic E-state index is 0.224. The molecule has 3 heteroatoms. The molecule has 0 amide bonds. The lowest BCUT2D eigenvalue weighted by atomic mass is 10.1. The second-order valence-electron chi connectivity index (χ2n) is 5.06. The first-order chi connectivity index (χ1) is 8.65. The Balaban J connectivity index is 1.83. The Morgan fingerprint density at radius 2 is 1.83 bits per heavy atom. The van der Waals surface area contributed by atoms with E-state index in [-0.39, 0.29) is 18.0 Å². The van der Waals surface area contributed by atoms with Crippen LogP contribution in [-0.2, 0) is 4.74 Å². The number of carbonyl (C=O) groups is 1. The Kier molecular flexibility index (Phi) is 4.50. The maximum Gasteiger partial charge on any atom is 0.164 e. The van der Waals surface area contributed by atoms with Gasteiger partial charge in [0.15, 0.2) is 5.78 Å². The molecule has 2 unspecified atom stereocenters. The standard InChI is InChI=1S/C15H21NO2/c1-12-10-16(11-13(2)18-12)9-8-15(17)14-6-4-3-5-7-14/h3-7,12-13H,8-11H2,1-2H3. The lowest BCUT2D eigenvalue weighted by molar-refractivity contribution is -0.0675. The quantitative estimate of drug-likeness (QED) is 0.765. The van der Waals surface area contributed by atoms with Crippen molar-refractivity contribution in [1.29, 1.82) is 0 Å². The third kappa shape index (κ3) is 3.65. The molecule has 18 heavy (non-hydrogen) atoms. The van der Waals surface area contributed by atoms with E-state index in [4.69, 9.17) is 4.74 Å². The maximum absolute atomic E-state index is 12.0. The molecule has 0 aromatic heterocycles. The number of ketones is 1. The lowest BCUT2D eigenvalue weighted by Crippen LogP contribution is -2.46. The van der Waals surface area contributed by atoms with E-state index in [1.807, 2.05) is 30.3 Å². The number of rotatable bonds is 4. The second-order valence-corrected chi connectivity index (χ2v) is 5.06. The average molecular weight is 247 g/mol. The number of morpholine rings is 1. The minimum atomic E-state index is 0.224. The van der Waals surface area contributed by atoms with Crippen molar-refractivity contribution in [2.45, 2.75) is 32.5 Å². The second kappa shape index (κ2) is 6.12. The van der Waals surface area contributed by atoms with Crippen molar-refractivity contribution in [3.05, 3.63) is 35.9 Å². The fraction of sp³-hybridized carbons (Fsp3) is 0.533. The molecule has 2 rings (SSSR count). The van der Waals surface area contributed by atoms with Gasteiger partial charge in [-0.15, -0.1) is 0 Å².